The Morgan fingerprint density at radius 2 is 1.81 bits per heavy atom. The third-order valence-electron chi connectivity index (χ3n) is 5.57. The fourth-order valence-electron chi connectivity index (χ4n) is 3.97. The van der Waals surface area contributed by atoms with E-state index in [0.29, 0.717) is 0 Å². The van der Waals surface area contributed by atoms with Gasteiger partial charge in [0.15, 0.2) is 5.12 Å². The van der Waals surface area contributed by atoms with Crippen LogP contribution < -0.4 is 9.64 Å². The lowest BCUT2D eigenvalue weighted by molar-refractivity contribution is -0.109. The average molecular weight is 368 g/mol. The van der Waals surface area contributed by atoms with Crippen LogP contribution in [0.3, 0.4) is 0 Å². The maximum absolute atomic E-state index is 11.1. The van der Waals surface area contributed by atoms with Gasteiger partial charge in [0.05, 0.1) is 0 Å². The molecule has 2 aliphatic rings. The van der Waals surface area contributed by atoms with E-state index in [4.69, 9.17) is 4.74 Å². The molecule has 0 amide bonds. The Labute approximate surface area is 159 Å². The van der Waals surface area contributed by atoms with E-state index in [2.05, 4.69) is 53.4 Å². The number of thioether (sulfide) groups is 1. The van der Waals surface area contributed by atoms with Crippen LogP contribution in [0.5, 0.6) is 5.75 Å². The fraction of sp³-hybridized carbons (Fsp3) is 0.409. The van der Waals surface area contributed by atoms with Crippen LogP contribution in [0.1, 0.15) is 37.3 Å². The van der Waals surface area contributed by atoms with Crippen molar-refractivity contribution >= 4 is 22.6 Å². The SMILES string of the molecule is CC(=O)SCc1ccc(N2CCC3(CCc4ccccc4O3)CC2)cc1. The number of nitrogens with zero attached hydrogens (tertiary/aromatic N) is 1. The summed E-state index contributed by atoms with van der Waals surface area (Å²) in [5.74, 6) is 1.84. The van der Waals surface area contributed by atoms with Crippen LogP contribution >= 0.6 is 11.8 Å². The molecule has 2 aromatic carbocycles. The highest BCUT2D eigenvalue weighted by molar-refractivity contribution is 8.12. The highest BCUT2D eigenvalue weighted by Crippen LogP contribution is 2.39. The first-order valence-corrected chi connectivity index (χ1v) is 10.4. The van der Waals surface area contributed by atoms with Crippen LogP contribution in [0.25, 0.3) is 0 Å². The minimum absolute atomic E-state index is 0.0168. The van der Waals surface area contributed by atoms with Crippen molar-refractivity contribution in [1.29, 1.82) is 0 Å². The molecule has 2 aromatic rings. The summed E-state index contributed by atoms with van der Waals surface area (Å²) in [5, 5.41) is 0.171. The average Bonchev–Trinajstić information content (AvgIpc) is 2.67. The van der Waals surface area contributed by atoms with E-state index in [9.17, 15) is 4.79 Å². The van der Waals surface area contributed by atoms with Gasteiger partial charge in [0.25, 0.3) is 0 Å². The van der Waals surface area contributed by atoms with Gasteiger partial charge >= 0.3 is 0 Å². The van der Waals surface area contributed by atoms with Gasteiger partial charge in [-0.05, 0) is 42.2 Å². The number of anilines is 1. The third kappa shape index (κ3) is 3.75. The largest absolute Gasteiger partial charge is 0.487 e. The highest BCUT2D eigenvalue weighted by Gasteiger charge is 2.39. The van der Waals surface area contributed by atoms with Crippen LogP contribution in [0.2, 0.25) is 0 Å². The number of rotatable bonds is 3. The number of para-hydroxylation sites is 1. The zero-order valence-corrected chi connectivity index (χ0v) is 16.1. The van der Waals surface area contributed by atoms with Crippen molar-refractivity contribution in [1.82, 2.24) is 0 Å². The summed E-state index contributed by atoms with van der Waals surface area (Å²) in [7, 11) is 0. The summed E-state index contributed by atoms with van der Waals surface area (Å²) < 4.78 is 6.46. The van der Waals surface area contributed by atoms with E-state index in [-0.39, 0.29) is 10.7 Å². The van der Waals surface area contributed by atoms with Crippen LogP contribution in [0.4, 0.5) is 5.69 Å². The monoisotopic (exact) mass is 367 g/mol. The smallest absolute Gasteiger partial charge is 0.186 e. The summed E-state index contributed by atoms with van der Waals surface area (Å²) in [5.41, 5.74) is 3.84. The number of hydrogen-bond donors (Lipinski definition) is 0. The molecule has 1 spiro atoms. The number of carbonyl (C=O) groups excluding carboxylic acids is 1. The maximum Gasteiger partial charge on any atom is 0.186 e. The van der Waals surface area contributed by atoms with Gasteiger partial charge in [-0.15, -0.1) is 0 Å². The predicted molar refractivity (Wildman–Crippen MR) is 108 cm³/mol. The summed E-state index contributed by atoms with van der Waals surface area (Å²) in [4.78, 5) is 13.6. The first-order valence-electron chi connectivity index (χ1n) is 9.38. The van der Waals surface area contributed by atoms with Gasteiger partial charge in [-0.25, -0.2) is 0 Å². The third-order valence-corrected chi connectivity index (χ3v) is 6.45. The Morgan fingerprint density at radius 3 is 2.54 bits per heavy atom. The molecule has 1 saturated heterocycles. The van der Waals surface area contributed by atoms with Gasteiger partial charge in [0, 0.05) is 44.3 Å². The van der Waals surface area contributed by atoms with Crippen LogP contribution in [0.15, 0.2) is 48.5 Å². The molecule has 0 radical (unpaired) electrons. The zero-order valence-electron chi connectivity index (χ0n) is 15.2. The van der Waals surface area contributed by atoms with Crippen LogP contribution in [0, 0.1) is 0 Å². The first kappa shape index (κ1) is 17.5. The van der Waals surface area contributed by atoms with E-state index in [0.717, 1.165) is 50.3 Å². The topological polar surface area (TPSA) is 29.5 Å². The van der Waals surface area contributed by atoms with Crippen molar-refractivity contribution in [3.8, 4) is 5.75 Å². The lowest BCUT2D eigenvalue weighted by Gasteiger charge is -2.45. The van der Waals surface area contributed by atoms with Gasteiger partial charge in [-0.3, -0.25) is 4.79 Å². The molecule has 4 heteroatoms. The fourth-order valence-corrected chi connectivity index (χ4v) is 4.53. The Hall–Kier alpha value is -1.94. The van der Waals surface area contributed by atoms with Gasteiger partial charge in [0.2, 0.25) is 0 Å². The lowest BCUT2D eigenvalue weighted by atomic mass is 9.83. The van der Waals surface area contributed by atoms with Crippen molar-refractivity contribution in [2.75, 3.05) is 18.0 Å². The molecule has 0 aliphatic carbocycles. The summed E-state index contributed by atoms with van der Waals surface area (Å²) in [6.07, 6.45) is 4.39. The highest BCUT2D eigenvalue weighted by atomic mass is 32.2. The molecule has 2 aliphatic heterocycles. The van der Waals surface area contributed by atoms with E-state index >= 15 is 0 Å². The molecule has 136 valence electrons. The van der Waals surface area contributed by atoms with Gasteiger partial charge in [0.1, 0.15) is 11.4 Å². The van der Waals surface area contributed by atoms with Crippen molar-refractivity contribution in [2.24, 2.45) is 0 Å². The Balaban J connectivity index is 1.37. The molecule has 4 rings (SSSR count). The molecular formula is C22H25NO2S. The van der Waals surface area contributed by atoms with Crippen molar-refractivity contribution < 1.29 is 9.53 Å². The molecule has 0 aromatic heterocycles. The van der Waals surface area contributed by atoms with E-state index in [1.807, 2.05) is 0 Å². The molecule has 0 unspecified atom stereocenters. The summed E-state index contributed by atoms with van der Waals surface area (Å²) in [6.45, 7) is 3.68. The Bertz CT molecular complexity index is 779. The number of aryl methyl sites for hydroxylation is 1. The number of carbonyl (C=O) groups is 1. The molecule has 0 bridgehead atoms. The minimum Gasteiger partial charge on any atom is -0.487 e. The summed E-state index contributed by atoms with van der Waals surface area (Å²) in [6, 6.07) is 17.1. The Morgan fingerprint density at radius 1 is 1.08 bits per heavy atom. The molecule has 26 heavy (non-hydrogen) atoms. The Kier molecular flexibility index (Phi) is 4.94. The standard InChI is InChI=1S/C22H25NO2S/c1-17(24)26-16-18-6-8-20(9-7-18)23-14-12-22(13-15-23)11-10-19-4-2-3-5-21(19)25-22/h2-9H,10-16H2,1H3. The number of hydrogen-bond acceptors (Lipinski definition) is 4. The van der Waals surface area contributed by atoms with Crippen molar-refractivity contribution in [2.45, 2.75) is 44.0 Å². The normalized spacial score (nSPS) is 18.3. The minimum atomic E-state index is 0.0168. The maximum atomic E-state index is 11.1. The second-order valence-corrected chi connectivity index (χ2v) is 8.48. The molecule has 0 atom stereocenters. The number of benzene rings is 2. The second kappa shape index (κ2) is 7.36. The van der Waals surface area contributed by atoms with E-state index < -0.39 is 0 Å². The number of ether oxygens (including phenoxy) is 1. The zero-order chi connectivity index (χ0) is 18.0. The van der Waals surface area contributed by atoms with Crippen molar-refractivity contribution in [3.63, 3.8) is 0 Å². The van der Waals surface area contributed by atoms with E-state index in [1.54, 1.807) is 6.92 Å². The summed E-state index contributed by atoms with van der Waals surface area (Å²) >= 11 is 1.37. The molecule has 3 nitrogen and oxygen atoms in total. The second-order valence-electron chi connectivity index (χ2n) is 7.33. The van der Waals surface area contributed by atoms with Crippen LogP contribution in [-0.2, 0) is 17.0 Å². The molecule has 2 heterocycles. The van der Waals surface area contributed by atoms with Gasteiger partial charge < -0.3 is 9.64 Å². The van der Waals surface area contributed by atoms with Crippen molar-refractivity contribution in [3.05, 3.63) is 59.7 Å². The quantitative estimate of drug-likeness (QED) is 0.777. The predicted octanol–water partition coefficient (Wildman–Crippen LogP) is 4.83. The molecular weight excluding hydrogens is 342 g/mol. The molecule has 1 fully saturated rings. The number of fused-ring (bicyclic) bond motifs is 1. The van der Waals surface area contributed by atoms with E-state index in [1.165, 1.54) is 28.6 Å². The molecule has 0 saturated carbocycles. The number of piperidine rings is 1. The lowest BCUT2D eigenvalue weighted by Crippen LogP contribution is -2.49. The van der Waals surface area contributed by atoms with Gasteiger partial charge in [-0.2, -0.15) is 0 Å². The first-order chi connectivity index (χ1) is 12.6. The van der Waals surface area contributed by atoms with Crippen LogP contribution in [-0.4, -0.2) is 23.8 Å². The molecule has 0 N–H and O–H groups in total. The van der Waals surface area contributed by atoms with Gasteiger partial charge in [-0.1, -0.05) is 42.1 Å².